The Kier molecular flexibility index (Phi) is 3.07. The molecule has 3 rings (SSSR count). The van der Waals surface area contributed by atoms with Crippen LogP contribution in [0.3, 0.4) is 0 Å². The molecule has 2 aromatic rings. The molecule has 7 nitrogen and oxygen atoms in total. The molecule has 1 unspecified atom stereocenters. The fourth-order valence-electron chi connectivity index (χ4n) is 2.14. The molecule has 1 atom stereocenters. The van der Waals surface area contributed by atoms with E-state index < -0.39 is 0 Å². The molecule has 7 heteroatoms. The molecule has 0 bridgehead atoms. The predicted octanol–water partition coefficient (Wildman–Crippen LogP) is 0.820. The molecular weight excluding hydrogens is 234 g/mol. The highest BCUT2D eigenvalue weighted by molar-refractivity contribution is 5.44. The van der Waals surface area contributed by atoms with E-state index in [1.807, 2.05) is 0 Å². The largest absolute Gasteiger partial charge is 0.364 e. The van der Waals surface area contributed by atoms with E-state index in [4.69, 9.17) is 14.8 Å². The van der Waals surface area contributed by atoms with Gasteiger partial charge in [0.05, 0.1) is 6.04 Å². The van der Waals surface area contributed by atoms with Gasteiger partial charge >= 0.3 is 0 Å². The maximum atomic E-state index is 6.07. The Labute approximate surface area is 104 Å². The van der Waals surface area contributed by atoms with Crippen molar-refractivity contribution in [3.63, 3.8) is 0 Å². The van der Waals surface area contributed by atoms with Crippen LogP contribution in [0.2, 0.25) is 0 Å². The van der Waals surface area contributed by atoms with Crippen LogP contribution >= 0.6 is 0 Å². The van der Waals surface area contributed by atoms with Crippen molar-refractivity contribution in [2.45, 2.75) is 18.9 Å². The summed E-state index contributed by atoms with van der Waals surface area (Å²) in [6, 6.07) is 1.44. The van der Waals surface area contributed by atoms with E-state index >= 15 is 0 Å². The van der Waals surface area contributed by atoms with E-state index in [9.17, 15) is 0 Å². The molecule has 18 heavy (non-hydrogen) atoms. The van der Waals surface area contributed by atoms with Crippen LogP contribution in [-0.2, 0) is 0 Å². The van der Waals surface area contributed by atoms with Crippen LogP contribution in [0, 0.1) is 0 Å². The number of aromatic nitrogens is 3. The smallest absolute Gasteiger partial charge is 0.280 e. The normalized spacial score (nSPS) is 18.3. The van der Waals surface area contributed by atoms with Gasteiger partial charge in [-0.1, -0.05) is 10.3 Å². The molecule has 0 radical (unpaired) electrons. The zero-order valence-corrected chi connectivity index (χ0v) is 9.95. The van der Waals surface area contributed by atoms with E-state index in [0.29, 0.717) is 17.4 Å². The summed E-state index contributed by atoms with van der Waals surface area (Å²) in [6.45, 7) is 2.96. The Morgan fingerprint density at radius 3 is 2.89 bits per heavy atom. The molecule has 3 heterocycles. The summed E-state index contributed by atoms with van der Waals surface area (Å²) in [5, 5.41) is 7.63. The Bertz CT molecular complexity index is 489. The quantitative estimate of drug-likeness (QED) is 0.857. The van der Waals surface area contributed by atoms with Gasteiger partial charge in [-0.3, -0.25) is 0 Å². The van der Waals surface area contributed by atoms with Crippen molar-refractivity contribution in [1.82, 2.24) is 20.2 Å². The summed E-state index contributed by atoms with van der Waals surface area (Å²) in [5.74, 6) is 0.857. The van der Waals surface area contributed by atoms with Crippen molar-refractivity contribution in [2.75, 3.05) is 19.6 Å². The van der Waals surface area contributed by atoms with Crippen molar-refractivity contribution < 1.29 is 9.05 Å². The summed E-state index contributed by atoms with van der Waals surface area (Å²) in [4.78, 5) is 6.56. The molecule has 1 aliphatic heterocycles. The van der Waals surface area contributed by atoms with Gasteiger partial charge in [0, 0.05) is 12.6 Å². The van der Waals surface area contributed by atoms with E-state index in [-0.39, 0.29) is 6.04 Å². The van der Waals surface area contributed by atoms with E-state index in [0.717, 1.165) is 19.6 Å². The lowest BCUT2D eigenvalue weighted by Gasteiger charge is -2.17. The molecular formula is C11H15N5O2. The van der Waals surface area contributed by atoms with Crippen molar-refractivity contribution in [3.05, 3.63) is 18.2 Å². The molecule has 0 amide bonds. The van der Waals surface area contributed by atoms with Gasteiger partial charge in [-0.15, -0.1) is 0 Å². The van der Waals surface area contributed by atoms with Crippen LogP contribution in [0.5, 0.6) is 0 Å². The van der Waals surface area contributed by atoms with Gasteiger partial charge in [0.2, 0.25) is 0 Å². The number of nitrogens with two attached hydrogens (primary N) is 1. The van der Waals surface area contributed by atoms with Gasteiger partial charge < -0.3 is 19.7 Å². The molecule has 2 aromatic heterocycles. The third-order valence-corrected chi connectivity index (χ3v) is 3.08. The van der Waals surface area contributed by atoms with E-state index in [2.05, 4.69) is 20.2 Å². The third kappa shape index (κ3) is 2.27. The first-order chi connectivity index (χ1) is 8.83. The summed E-state index contributed by atoms with van der Waals surface area (Å²) in [5.41, 5.74) is 6.60. The van der Waals surface area contributed by atoms with Crippen LogP contribution in [0.4, 0.5) is 0 Å². The number of likely N-dealkylation sites (tertiary alicyclic amines) is 1. The minimum atomic E-state index is -0.229. The average molecular weight is 249 g/mol. The van der Waals surface area contributed by atoms with Crippen LogP contribution in [0.15, 0.2) is 21.4 Å². The Hall–Kier alpha value is -1.73. The second-order valence-corrected chi connectivity index (χ2v) is 4.46. The van der Waals surface area contributed by atoms with Crippen molar-refractivity contribution in [2.24, 2.45) is 5.73 Å². The van der Waals surface area contributed by atoms with Gasteiger partial charge in [-0.25, -0.2) is 0 Å². The number of rotatable bonds is 4. The topological polar surface area (TPSA) is 94.2 Å². The second kappa shape index (κ2) is 4.87. The highest BCUT2D eigenvalue weighted by atomic mass is 16.5. The Balaban J connectivity index is 1.68. The molecule has 0 aliphatic carbocycles. The molecule has 1 aliphatic rings. The molecule has 2 N–H and O–H groups in total. The minimum absolute atomic E-state index is 0.229. The fraction of sp³-hybridized carbons (Fsp3) is 0.545. The monoisotopic (exact) mass is 249 g/mol. The fourth-order valence-corrected chi connectivity index (χ4v) is 2.14. The lowest BCUT2D eigenvalue weighted by Crippen LogP contribution is -2.30. The van der Waals surface area contributed by atoms with Crippen LogP contribution in [0.1, 0.15) is 24.7 Å². The number of hydrogen-bond acceptors (Lipinski definition) is 7. The standard InChI is InChI=1S/C11H15N5O2/c12-8(7-16-4-1-2-5-16)10-13-11(18-15-10)9-3-6-17-14-9/h3,6,8H,1-2,4-5,7,12H2. The van der Waals surface area contributed by atoms with E-state index in [1.165, 1.54) is 19.1 Å². The lowest BCUT2D eigenvalue weighted by atomic mass is 10.3. The first-order valence-electron chi connectivity index (χ1n) is 6.05. The maximum Gasteiger partial charge on any atom is 0.280 e. The van der Waals surface area contributed by atoms with E-state index in [1.54, 1.807) is 6.07 Å². The lowest BCUT2D eigenvalue weighted by molar-refractivity contribution is 0.306. The first-order valence-corrected chi connectivity index (χ1v) is 6.05. The Morgan fingerprint density at radius 2 is 2.17 bits per heavy atom. The molecule has 1 saturated heterocycles. The number of nitrogens with zero attached hydrogens (tertiary/aromatic N) is 4. The highest BCUT2D eigenvalue weighted by Crippen LogP contribution is 2.18. The zero-order chi connectivity index (χ0) is 12.4. The average Bonchev–Trinajstić information content (AvgIpc) is 3.11. The first kappa shape index (κ1) is 11.4. The van der Waals surface area contributed by atoms with Gasteiger partial charge in [-0.05, 0) is 25.9 Å². The minimum Gasteiger partial charge on any atom is -0.364 e. The summed E-state index contributed by atoms with van der Waals surface area (Å²) in [7, 11) is 0. The van der Waals surface area contributed by atoms with Gasteiger partial charge in [-0.2, -0.15) is 4.98 Å². The van der Waals surface area contributed by atoms with Crippen molar-refractivity contribution in [3.8, 4) is 11.6 Å². The maximum absolute atomic E-state index is 6.07. The SMILES string of the molecule is NC(CN1CCCC1)c1noc(-c2ccon2)n1. The second-order valence-electron chi connectivity index (χ2n) is 4.46. The molecule has 0 aromatic carbocycles. The van der Waals surface area contributed by atoms with Crippen molar-refractivity contribution in [1.29, 1.82) is 0 Å². The Morgan fingerprint density at radius 1 is 1.33 bits per heavy atom. The summed E-state index contributed by atoms with van der Waals surface area (Å²) >= 11 is 0. The number of hydrogen-bond donors (Lipinski definition) is 1. The zero-order valence-electron chi connectivity index (χ0n) is 9.95. The van der Waals surface area contributed by atoms with Crippen LogP contribution < -0.4 is 5.73 Å². The molecule has 0 saturated carbocycles. The summed E-state index contributed by atoms with van der Waals surface area (Å²) in [6.07, 6.45) is 3.94. The third-order valence-electron chi connectivity index (χ3n) is 3.08. The van der Waals surface area contributed by atoms with Gasteiger partial charge in [0.25, 0.3) is 5.89 Å². The highest BCUT2D eigenvalue weighted by Gasteiger charge is 2.21. The van der Waals surface area contributed by atoms with Gasteiger partial charge in [0.1, 0.15) is 6.26 Å². The van der Waals surface area contributed by atoms with Crippen LogP contribution in [-0.4, -0.2) is 39.8 Å². The molecule has 0 spiro atoms. The molecule has 1 fully saturated rings. The summed E-state index contributed by atoms with van der Waals surface area (Å²) < 4.78 is 9.84. The predicted molar refractivity (Wildman–Crippen MR) is 62.4 cm³/mol. The van der Waals surface area contributed by atoms with Crippen molar-refractivity contribution >= 4 is 0 Å². The van der Waals surface area contributed by atoms with Crippen LogP contribution in [0.25, 0.3) is 11.6 Å². The van der Waals surface area contributed by atoms with Gasteiger partial charge in [0.15, 0.2) is 11.5 Å². The molecule has 96 valence electrons.